The van der Waals surface area contributed by atoms with Crippen LogP contribution in [0.15, 0.2) is 12.1 Å². The number of benzene rings is 1. The van der Waals surface area contributed by atoms with Crippen LogP contribution in [0.4, 0.5) is 0 Å². The van der Waals surface area contributed by atoms with E-state index in [1.54, 1.807) is 6.07 Å². The fourth-order valence-electron chi connectivity index (χ4n) is 1.53. The van der Waals surface area contributed by atoms with E-state index in [9.17, 15) is 14.4 Å². The highest BCUT2D eigenvalue weighted by molar-refractivity contribution is 14.1. The third-order valence-corrected chi connectivity index (χ3v) is 4.68. The Morgan fingerprint density at radius 3 is 2.27 bits per heavy atom. The normalized spacial score (nSPS) is 11.8. The molecule has 0 saturated carbocycles. The molecule has 0 bridgehead atoms. The van der Waals surface area contributed by atoms with E-state index in [2.05, 4.69) is 22.6 Å². The monoisotopic (exact) mass is 338 g/mol. The van der Waals surface area contributed by atoms with E-state index in [0.717, 1.165) is 15.6 Å². The topological polar surface area (TPSA) is 63.2 Å². The Bertz CT molecular complexity index is 411. The summed E-state index contributed by atoms with van der Waals surface area (Å²) in [6, 6.07) is 3.15. The minimum absolute atomic E-state index is 0.0494. The standard InChI is InChI=1S/C10H14IO3P/c1-3-7-5-6-9(15(12,13)14)8(4-2)10(7)11/h5-6H,3-4H2,1-2H3,(H2,12,13,14)/p-2. The first-order chi connectivity index (χ1) is 6.91. The van der Waals surface area contributed by atoms with Crippen LogP contribution >= 0.6 is 30.2 Å². The lowest BCUT2D eigenvalue weighted by molar-refractivity contribution is -0.308. The Morgan fingerprint density at radius 2 is 1.87 bits per heavy atom. The largest absolute Gasteiger partial charge is 0.807 e. The van der Waals surface area contributed by atoms with E-state index in [-0.39, 0.29) is 5.30 Å². The molecule has 5 heteroatoms. The Kier molecular flexibility index (Phi) is 4.35. The first-order valence-electron chi connectivity index (χ1n) is 4.74. The van der Waals surface area contributed by atoms with Gasteiger partial charge in [-0.1, -0.05) is 26.0 Å². The number of hydrogen-bond donors (Lipinski definition) is 0. The molecule has 15 heavy (non-hydrogen) atoms. The lowest BCUT2D eigenvalue weighted by Gasteiger charge is -2.32. The summed E-state index contributed by atoms with van der Waals surface area (Å²) in [5, 5.41) is -0.0494. The van der Waals surface area contributed by atoms with Gasteiger partial charge in [-0.3, -0.25) is 0 Å². The van der Waals surface area contributed by atoms with Crippen molar-refractivity contribution < 1.29 is 14.4 Å². The van der Waals surface area contributed by atoms with E-state index < -0.39 is 7.60 Å². The zero-order valence-electron chi connectivity index (χ0n) is 8.62. The Balaban J connectivity index is 3.44. The van der Waals surface area contributed by atoms with Gasteiger partial charge in [-0.15, -0.1) is 0 Å². The molecule has 0 spiro atoms. The van der Waals surface area contributed by atoms with E-state index in [1.807, 2.05) is 13.8 Å². The van der Waals surface area contributed by atoms with Crippen LogP contribution in [-0.4, -0.2) is 0 Å². The summed E-state index contributed by atoms with van der Waals surface area (Å²) < 4.78 is 11.9. The van der Waals surface area contributed by atoms with E-state index in [0.29, 0.717) is 12.0 Å². The molecule has 1 rings (SSSR count). The summed E-state index contributed by atoms with van der Waals surface area (Å²) in [5.41, 5.74) is 1.74. The van der Waals surface area contributed by atoms with Crippen molar-refractivity contribution in [3.05, 3.63) is 26.8 Å². The van der Waals surface area contributed by atoms with Gasteiger partial charge in [-0.05, 0) is 59.5 Å². The number of halogens is 1. The van der Waals surface area contributed by atoms with Gasteiger partial charge in [0, 0.05) is 3.57 Å². The second kappa shape index (κ2) is 4.95. The molecule has 3 nitrogen and oxygen atoms in total. The van der Waals surface area contributed by atoms with Gasteiger partial charge in [-0.25, -0.2) is 0 Å². The van der Waals surface area contributed by atoms with Crippen LogP contribution in [0, 0.1) is 3.57 Å². The lowest BCUT2D eigenvalue weighted by Crippen LogP contribution is -2.28. The number of hydrogen-bond acceptors (Lipinski definition) is 3. The van der Waals surface area contributed by atoms with Crippen molar-refractivity contribution >= 4 is 35.5 Å². The van der Waals surface area contributed by atoms with Gasteiger partial charge in [0.25, 0.3) is 0 Å². The third kappa shape index (κ3) is 2.81. The van der Waals surface area contributed by atoms with Gasteiger partial charge in [-0.2, -0.15) is 0 Å². The highest BCUT2D eigenvalue weighted by Gasteiger charge is 2.10. The van der Waals surface area contributed by atoms with Gasteiger partial charge >= 0.3 is 0 Å². The molecule has 0 saturated heterocycles. The highest BCUT2D eigenvalue weighted by Crippen LogP contribution is 2.29. The molecule has 1 aromatic rings. The Hall–Kier alpha value is 0.100. The molecular formula is C10H12IO3P-2. The molecule has 0 aliphatic rings. The molecular weight excluding hydrogens is 326 g/mol. The number of aryl methyl sites for hydroxylation is 1. The molecule has 0 fully saturated rings. The highest BCUT2D eigenvalue weighted by atomic mass is 127. The van der Waals surface area contributed by atoms with Crippen LogP contribution in [0.2, 0.25) is 0 Å². The summed E-state index contributed by atoms with van der Waals surface area (Å²) in [6.07, 6.45) is 1.41. The van der Waals surface area contributed by atoms with Crippen LogP contribution in [0.5, 0.6) is 0 Å². The van der Waals surface area contributed by atoms with Crippen LogP contribution in [0.1, 0.15) is 25.0 Å². The molecule has 0 radical (unpaired) electrons. The molecule has 0 atom stereocenters. The van der Waals surface area contributed by atoms with Crippen molar-refractivity contribution in [2.75, 3.05) is 0 Å². The van der Waals surface area contributed by atoms with Gasteiger partial charge in [0.15, 0.2) is 0 Å². The summed E-state index contributed by atoms with van der Waals surface area (Å²) in [4.78, 5) is 22.1. The number of rotatable bonds is 3. The minimum atomic E-state index is -4.63. The second-order valence-corrected chi connectivity index (χ2v) is 5.80. The average molecular weight is 338 g/mol. The molecule has 0 aliphatic carbocycles. The average Bonchev–Trinajstić information content (AvgIpc) is 2.15. The van der Waals surface area contributed by atoms with Gasteiger partial charge < -0.3 is 14.4 Å². The first-order valence-corrected chi connectivity index (χ1v) is 7.36. The zero-order valence-corrected chi connectivity index (χ0v) is 11.7. The van der Waals surface area contributed by atoms with Crippen molar-refractivity contribution in [3.8, 4) is 0 Å². The fourth-order valence-corrected chi connectivity index (χ4v) is 3.83. The first kappa shape index (κ1) is 13.2. The van der Waals surface area contributed by atoms with Crippen LogP contribution < -0.4 is 15.1 Å². The zero-order chi connectivity index (χ0) is 11.6. The van der Waals surface area contributed by atoms with Crippen molar-refractivity contribution in [2.24, 2.45) is 0 Å². The molecule has 84 valence electrons. The van der Waals surface area contributed by atoms with Crippen molar-refractivity contribution in [3.63, 3.8) is 0 Å². The summed E-state index contributed by atoms with van der Waals surface area (Å²) >= 11 is 2.11. The fraction of sp³-hybridized carbons (Fsp3) is 0.400. The van der Waals surface area contributed by atoms with Crippen molar-refractivity contribution in [2.45, 2.75) is 26.7 Å². The minimum Gasteiger partial charge on any atom is -0.807 e. The molecule has 0 aliphatic heterocycles. The Labute approximate surface area is 103 Å². The van der Waals surface area contributed by atoms with Crippen molar-refractivity contribution in [1.29, 1.82) is 0 Å². The molecule has 0 heterocycles. The molecule has 0 unspecified atom stereocenters. The molecule has 0 N–H and O–H groups in total. The predicted molar refractivity (Wildman–Crippen MR) is 65.2 cm³/mol. The van der Waals surface area contributed by atoms with E-state index in [1.165, 1.54) is 6.07 Å². The molecule has 0 aromatic heterocycles. The second-order valence-electron chi connectivity index (χ2n) is 3.24. The predicted octanol–water partition coefficient (Wildman–Crippen LogP) is 0.955. The maximum Gasteiger partial charge on any atom is 0.0200 e. The van der Waals surface area contributed by atoms with Crippen LogP contribution in [0.25, 0.3) is 0 Å². The summed E-state index contributed by atoms with van der Waals surface area (Å²) in [6.45, 7) is 3.86. The van der Waals surface area contributed by atoms with Crippen molar-refractivity contribution in [1.82, 2.24) is 0 Å². The maximum atomic E-state index is 11.0. The van der Waals surface area contributed by atoms with E-state index >= 15 is 0 Å². The van der Waals surface area contributed by atoms with Gasteiger partial charge in [0.1, 0.15) is 0 Å². The van der Waals surface area contributed by atoms with Crippen LogP contribution in [-0.2, 0) is 17.4 Å². The molecule has 0 amide bonds. The van der Waals surface area contributed by atoms with Gasteiger partial charge in [0.05, 0.1) is 0 Å². The Morgan fingerprint density at radius 1 is 1.27 bits per heavy atom. The summed E-state index contributed by atoms with van der Waals surface area (Å²) in [5.74, 6) is 0. The third-order valence-electron chi connectivity index (χ3n) is 2.33. The van der Waals surface area contributed by atoms with E-state index in [4.69, 9.17) is 0 Å². The SMILES string of the molecule is CCc1ccc(P(=O)([O-])[O-])c(CC)c1I. The molecule has 1 aromatic carbocycles. The maximum absolute atomic E-state index is 11.0. The van der Waals surface area contributed by atoms with Gasteiger partial charge in [0.2, 0.25) is 0 Å². The summed E-state index contributed by atoms with van der Waals surface area (Å²) in [7, 11) is -4.63. The van der Waals surface area contributed by atoms with Crippen LogP contribution in [0.3, 0.4) is 0 Å². The lowest BCUT2D eigenvalue weighted by atomic mass is 10.1. The quantitative estimate of drug-likeness (QED) is 0.609. The smallest absolute Gasteiger partial charge is 0.0200 e.